The maximum atomic E-state index is 10.8. The fourth-order valence-corrected chi connectivity index (χ4v) is 2.06. The molecule has 1 heterocycles. The van der Waals surface area contributed by atoms with E-state index in [4.69, 9.17) is 5.73 Å². The monoisotopic (exact) mass is 190 g/mol. The summed E-state index contributed by atoms with van der Waals surface area (Å²) >= 11 is 0. The van der Waals surface area contributed by atoms with Crippen molar-refractivity contribution in [3.63, 3.8) is 0 Å². The van der Waals surface area contributed by atoms with Crippen molar-refractivity contribution in [3.05, 3.63) is 35.4 Å². The molecule has 74 valence electrons. The topological polar surface area (TPSA) is 46.3 Å². The maximum Gasteiger partial charge on any atom is 0.210 e. The number of fused-ring (bicyclic) bond motifs is 1. The van der Waals surface area contributed by atoms with Gasteiger partial charge in [0.1, 0.15) is 0 Å². The molecule has 0 bridgehead atoms. The summed E-state index contributed by atoms with van der Waals surface area (Å²) in [7, 11) is 0. The van der Waals surface area contributed by atoms with Gasteiger partial charge in [0.05, 0.1) is 6.04 Å². The molecule has 0 saturated carbocycles. The van der Waals surface area contributed by atoms with Crippen molar-refractivity contribution in [2.75, 3.05) is 13.1 Å². The Morgan fingerprint density at radius 3 is 3.00 bits per heavy atom. The largest absolute Gasteiger partial charge is 0.337 e. The molecule has 0 saturated heterocycles. The minimum Gasteiger partial charge on any atom is -0.337 e. The normalized spacial score (nSPS) is 20.4. The van der Waals surface area contributed by atoms with Gasteiger partial charge in [-0.05, 0) is 17.5 Å². The molecular weight excluding hydrogens is 176 g/mol. The quantitative estimate of drug-likeness (QED) is 0.698. The minimum atomic E-state index is 0.0671. The van der Waals surface area contributed by atoms with Gasteiger partial charge in [0, 0.05) is 13.1 Å². The molecule has 3 heteroatoms. The van der Waals surface area contributed by atoms with Gasteiger partial charge in [-0.2, -0.15) is 0 Å². The van der Waals surface area contributed by atoms with Crippen LogP contribution in [0.15, 0.2) is 24.3 Å². The Balaban J connectivity index is 2.39. The Hall–Kier alpha value is -1.35. The third kappa shape index (κ3) is 1.40. The van der Waals surface area contributed by atoms with Crippen LogP contribution < -0.4 is 5.73 Å². The summed E-state index contributed by atoms with van der Waals surface area (Å²) in [5.41, 5.74) is 8.21. The summed E-state index contributed by atoms with van der Waals surface area (Å²) < 4.78 is 0. The van der Waals surface area contributed by atoms with E-state index in [0.717, 1.165) is 19.4 Å². The Morgan fingerprint density at radius 1 is 1.50 bits per heavy atom. The lowest BCUT2D eigenvalue weighted by molar-refractivity contribution is -0.120. The lowest BCUT2D eigenvalue weighted by Gasteiger charge is -2.33. The second kappa shape index (κ2) is 3.80. The van der Waals surface area contributed by atoms with Crippen LogP contribution in [0.25, 0.3) is 0 Å². The van der Waals surface area contributed by atoms with Crippen molar-refractivity contribution in [3.8, 4) is 0 Å². The minimum absolute atomic E-state index is 0.0671. The van der Waals surface area contributed by atoms with E-state index in [-0.39, 0.29) is 6.04 Å². The van der Waals surface area contributed by atoms with Gasteiger partial charge in [0.2, 0.25) is 6.41 Å². The summed E-state index contributed by atoms with van der Waals surface area (Å²) in [5, 5.41) is 0. The number of nitrogens with two attached hydrogens (primary N) is 1. The first kappa shape index (κ1) is 9.21. The van der Waals surface area contributed by atoms with Crippen LogP contribution >= 0.6 is 0 Å². The molecular formula is C11H14N2O. The smallest absolute Gasteiger partial charge is 0.210 e. The van der Waals surface area contributed by atoms with Gasteiger partial charge in [-0.15, -0.1) is 0 Å². The molecule has 0 fully saturated rings. The number of hydrogen-bond acceptors (Lipinski definition) is 2. The first-order chi connectivity index (χ1) is 6.86. The van der Waals surface area contributed by atoms with Gasteiger partial charge in [-0.3, -0.25) is 4.79 Å². The van der Waals surface area contributed by atoms with Crippen LogP contribution in [0.2, 0.25) is 0 Å². The molecule has 0 spiro atoms. The van der Waals surface area contributed by atoms with E-state index < -0.39 is 0 Å². The molecule has 14 heavy (non-hydrogen) atoms. The Labute approximate surface area is 83.5 Å². The Kier molecular flexibility index (Phi) is 2.50. The summed E-state index contributed by atoms with van der Waals surface area (Å²) in [4.78, 5) is 12.6. The molecule has 1 aromatic rings. The Bertz CT molecular complexity index is 338. The fraction of sp³-hybridized carbons (Fsp3) is 0.364. The zero-order valence-corrected chi connectivity index (χ0v) is 8.02. The first-order valence-electron chi connectivity index (χ1n) is 4.85. The first-order valence-corrected chi connectivity index (χ1v) is 4.85. The van der Waals surface area contributed by atoms with Crippen molar-refractivity contribution < 1.29 is 4.79 Å². The number of carbonyl (C=O) groups excluding carboxylic acids is 1. The van der Waals surface area contributed by atoms with E-state index >= 15 is 0 Å². The predicted molar refractivity (Wildman–Crippen MR) is 54.7 cm³/mol. The van der Waals surface area contributed by atoms with Crippen LogP contribution in [0.3, 0.4) is 0 Å². The highest BCUT2D eigenvalue weighted by Crippen LogP contribution is 2.27. The summed E-state index contributed by atoms with van der Waals surface area (Å²) in [6.07, 6.45) is 1.83. The van der Waals surface area contributed by atoms with Crippen molar-refractivity contribution in [1.29, 1.82) is 0 Å². The molecule has 1 aliphatic heterocycles. The molecule has 0 radical (unpaired) electrons. The van der Waals surface area contributed by atoms with Gasteiger partial charge < -0.3 is 10.6 Å². The SMILES string of the molecule is NCC1c2ccccc2CCN1C=O. The number of rotatable bonds is 2. The highest BCUT2D eigenvalue weighted by atomic mass is 16.1. The fourth-order valence-electron chi connectivity index (χ4n) is 2.06. The third-order valence-electron chi connectivity index (χ3n) is 2.81. The lowest BCUT2D eigenvalue weighted by Crippen LogP contribution is -2.38. The van der Waals surface area contributed by atoms with Gasteiger partial charge in [-0.1, -0.05) is 24.3 Å². The van der Waals surface area contributed by atoms with Gasteiger partial charge >= 0.3 is 0 Å². The van der Waals surface area contributed by atoms with E-state index in [1.165, 1.54) is 11.1 Å². The molecule has 2 rings (SSSR count). The number of hydrogen-bond donors (Lipinski definition) is 1. The Morgan fingerprint density at radius 2 is 2.29 bits per heavy atom. The molecule has 2 N–H and O–H groups in total. The second-order valence-electron chi connectivity index (χ2n) is 3.54. The van der Waals surface area contributed by atoms with E-state index in [2.05, 4.69) is 12.1 Å². The van der Waals surface area contributed by atoms with Crippen molar-refractivity contribution in [2.45, 2.75) is 12.5 Å². The highest BCUT2D eigenvalue weighted by Gasteiger charge is 2.24. The van der Waals surface area contributed by atoms with Crippen LogP contribution in [0.4, 0.5) is 0 Å². The zero-order chi connectivity index (χ0) is 9.97. The molecule has 1 amide bonds. The van der Waals surface area contributed by atoms with Crippen LogP contribution in [-0.2, 0) is 11.2 Å². The molecule has 1 atom stereocenters. The van der Waals surface area contributed by atoms with Crippen molar-refractivity contribution >= 4 is 6.41 Å². The van der Waals surface area contributed by atoms with Crippen LogP contribution in [-0.4, -0.2) is 24.4 Å². The molecule has 1 aromatic carbocycles. The van der Waals surface area contributed by atoms with Gasteiger partial charge in [0.15, 0.2) is 0 Å². The van der Waals surface area contributed by atoms with Crippen LogP contribution in [0, 0.1) is 0 Å². The summed E-state index contributed by atoms with van der Waals surface area (Å²) in [6, 6.07) is 8.26. The lowest BCUT2D eigenvalue weighted by atomic mass is 9.93. The predicted octanol–water partition coefficient (Wildman–Crippen LogP) is 0.701. The van der Waals surface area contributed by atoms with Crippen LogP contribution in [0.1, 0.15) is 17.2 Å². The van der Waals surface area contributed by atoms with Gasteiger partial charge in [-0.25, -0.2) is 0 Å². The summed E-state index contributed by atoms with van der Waals surface area (Å²) in [6.45, 7) is 1.28. The van der Waals surface area contributed by atoms with Gasteiger partial charge in [0.25, 0.3) is 0 Å². The molecule has 0 aromatic heterocycles. The standard InChI is InChI=1S/C11H14N2O/c12-7-11-10-4-2-1-3-9(10)5-6-13(11)8-14/h1-4,8,11H,5-7,12H2. The van der Waals surface area contributed by atoms with E-state index in [1.807, 2.05) is 12.1 Å². The molecule has 1 aliphatic rings. The molecule has 0 aliphatic carbocycles. The molecule has 3 nitrogen and oxygen atoms in total. The van der Waals surface area contributed by atoms with E-state index in [0.29, 0.717) is 6.54 Å². The number of carbonyl (C=O) groups is 1. The van der Waals surface area contributed by atoms with Crippen molar-refractivity contribution in [1.82, 2.24) is 4.90 Å². The summed E-state index contributed by atoms with van der Waals surface area (Å²) in [5.74, 6) is 0. The van der Waals surface area contributed by atoms with Crippen molar-refractivity contribution in [2.24, 2.45) is 5.73 Å². The maximum absolute atomic E-state index is 10.8. The number of benzene rings is 1. The zero-order valence-electron chi connectivity index (χ0n) is 8.02. The van der Waals surface area contributed by atoms with E-state index in [9.17, 15) is 4.79 Å². The number of amides is 1. The average Bonchev–Trinajstić information content (AvgIpc) is 2.27. The highest BCUT2D eigenvalue weighted by molar-refractivity contribution is 5.51. The number of nitrogens with zero attached hydrogens (tertiary/aromatic N) is 1. The van der Waals surface area contributed by atoms with E-state index in [1.54, 1.807) is 4.90 Å². The van der Waals surface area contributed by atoms with Crippen LogP contribution in [0.5, 0.6) is 0 Å². The third-order valence-corrected chi connectivity index (χ3v) is 2.81. The average molecular weight is 190 g/mol. The molecule has 1 unspecified atom stereocenters. The second-order valence-corrected chi connectivity index (χ2v) is 3.54.